The van der Waals surface area contributed by atoms with Crippen LogP contribution in [0.25, 0.3) is 0 Å². The number of ether oxygens (including phenoxy) is 3. The molecule has 0 N–H and O–H groups in total. The highest BCUT2D eigenvalue weighted by Gasteiger charge is 2.17. The quantitative estimate of drug-likeness (QED) is 0.0263. The molecule has 0 aliphatic carbocycles. The molecule has 0 aromatic carbocycles. The Labute approximate surface area is 388 Å². The minimum Gasteiger partial charge on any atom is -0.465 e. The van der Waals surface area contributed by atoms with E-state index in [0.717, 1.165) is 71.3 Å². The van der Waals surface area contributed by atoms with E-state index in [0.29, 0.717) is 26.4 Å². The van der Waals surface area contributed by atoms with Gasteiger partial charge in [-0.2, -0.15) is 0 Å². The van der Waals surface area contributed by atoms with E-state index in [1.54, 1.807) is 0 Å². The van der Waals surface area contributed by atoms with Crippen LogP contribution in [-0.4, -0.2) is 82.7 Å². The Morgan fingerprint density at radius 3 is 1.34 bits per heavy atom. The van der Waals surface area contributed by atoms with Crippen molar-refractivity contribution in [2.75, 3.05) is 66.9 Å². The molecule has 62 heavy (non-hydrogen) atoms. The van der Waals surface area contributed by atoms with Gasteiger partial charge < -0.3 is 24.0 Å². The lowest BCUT2D eigenvalue weighted by Gasteiger charge is -2.28. The number of nitrogens with zero attached hydrogens (tertiary/aromatic N) is 2. The van der Waals surface area contributed by atoms with E-state index in [4.69, 9.17) is 14.2 Å². The molecule has 0 saturated carbocycles. The van der Waals surface area contributed by atoms with Gasteiger partial charge in [0.1, 0.15) is 6.79 Å². The highest BCUT2D eigenvalue weighted by molar-refractivity contribution is 5.69. The molecule has 0 aromatic rings. The molecular weight excluding hydrogens is 765 g/mol. The molecule has 1 unspecified atom stereocenters. The Morgan fingerprint density at radius 1 is 0.435 bits per heavy atom. The Bertz CT molecular complexity index is 966. The molecule has 366 valence electrons. The van der Waals surface area contributed by atoms with Crippen molar-refractivity contribution < 1.29 is 19.0 Å². The molecule has 0 aromatic heterocycles. The largest absolute Gasteiger partial charge is 0.465 e. The van der Waals surface area contributed by atoms with Gasteiger partial charge in [0.25, 0.3) is 0 Å². The van der Waals surface area contributed by atoms with Crippen LogP contribution in [0.4, 0.5) is 0 Å². The molecule has 0 aliphatic heterocycles. The number of esters is 1. The van der Waals surface area contributed by atoms with Gasteiger partial charge in [-0.25, -0.2) is 0 Å². The first-order valence-electron chi connectivity index (χ1n) is 27.2. The van der Waals surface area contributed by atoms with Crippen LogP contribution in [0, 0.1) is 5.92 Å². The fourth-order valence-corrected chi connectivity index (χ4v) is 8.01. The van der Waals surface area contributed by atoms with Crippen molar-refractivity contribution in [1.82, 2.24) is 9.80 Å². The SMILES string of the molecule is CCCCC/C=C\CCCN(CCCN(C)C)CC(COCOCCCCCCCC/C=C\CCCCCCCC)COC(=O)CCCCCCC/C=C\CCCCCCCC. The van der Waals surface area contributed by atoms with Gasteiger partial charge in [-0.05, 0) is 130 Å². The molecule has 0 radical (unpaired) electrons. The van der Waals surface area contributed by atoms with Gasteiger partial charge in [-0.1, -0.05) is 179 Å². The minimum atomic E-state index is -0.0591. The summed E-state index contributed by atoms with van der Waals surface area (Å²) in [5, 5.41) is 0. The summed E-state index contributed by atoms with van der Waals surface area (Å²) in [6, 6.07) is 0. The van der Waals surface area contributed by atoms with E-state index in [9.17, 15) is 4.79 Å². The molecule has 6 nitrogen and oxygen atoms in total. The number of unbranched alkanes of at least 4 members (excludes halogenated alkanes) is 27. The fourth-order valence-electron chi connectivity index (χ4n) is 8.01. The molecule has 0 fully saturated rings. The lowest BCUT2D eigenvalue weighted by molar-refractivity contribution is -0.147. The van der Waals surface area contributed by atoms with Crippen LogP contribution in [0.1, 0.15) is 245 Å². The second kappa shape index (κ2) is 52.2. The summed E-state index contributed by atoms with van der Waals surface area (Å²) in [7, 11) is 4.30. The number of allylic oxidation sites excluding steroid dienone is 6. The first kappa shape index (κ1) is 60.5. The van der Waals surface area contributed by atoms with Crippen LogP contribution in [0.15, 0.2) is 36.5 Å². The third kappa shape index (κ3) is 49.5. The summed E-state index contributed by atoms with van der Waals surface area (Å²) in [4.78, 5) is 17.7. The number of carbonyl (C=O) groups is 1. The number of hydrogen-bond donors (Lipinski definition) is 0. The lowest BCUT2D eigenvalue weighted by Crippen LogP contribution is -2.36. The molecule has 1 atom stereocenters. The summed E-state index contributed by atoms with van der Waals surface area (Å²) in [6.45, 7) is 12.9. The summed E-state index contributed by atoms with van der Waals surface area (Å²) in [5.74, 6) is 0.0715. The van der Waals surface area contributed by atoms with E-state index in [1.807, 2.05) is 0 Å². The van der Waals surface area contributed by atoms with E-state index < -0.39 is 0 Å². The van der Waals surface area contributed by atoms with Crippen molar-refractivity contribution in [3.63, 3.8) is 0 Å². The number of rotatable bonds is 51. The number of hydrogen-bond acceptors (Lipinski definition) is 6. The van der Waals surface area contributed by atoms with Crippen molar-refractivity contribution in [2.24, 2.45) is 5.92 Å². The summed E-state index contributed by atoms with van der Waals surface area (Å²) < 4.78 is 18.0. The maximum absolute atomic E-state index is 12.9. The predicted molar refractivity (Wildman–Crippen MR) is 272 cm³/mol. The van der Waals surface area contributed by atoms with Gasteiger partial charge >= 0.3 is 5.97 Å². The van der Waals surface area contributed by atoms with Gasteiger partial charge in [0.15, 0.2) is 0 Å². The van der Waals surface area contributed by atoms with Gasteiger partial charge in [-0.15, -0.1) is 0 Å². The molecule has 0 amide bonds. The van der Waals surface area contributed by atoms with E-state index in [-0.39, 0.29) is 11.9 Å². The Kier molecular flexibility index (Phi) is 50.9. The molecule has 6 heteroatoms. The summed E-state index contributed by atoms with van der Waals surface area (Å²) >= 11 is 0. The lowest BCUT2D eigenvalue weighted by atomic mass is 10.1. The Hall–Kier alpha value is -1.47. The first-order chi connectivity index (χ1) is 30.5. The third-order valence-corrected chi connectivity index (χ3v) is 12.0. The van der Waals surface area contributed by atoms with Gasteiger partial charge in [0.05, 0.1) is 13.2 Å². The van der Waals surface area contributed by atoms with Crippen molar-refractivity contribution in [2.45, 2.75) is 245 Å². The maximum Gasteiger partial charge on any atom is 0.305 e. The van der Waals surface area contributed by atoms with Crippen molar-refractivity contribution in [1.29, 1.82) is 0 Å². The van der Waals surface area contributed by atoms with Crippen molar-refractivity contribution in [3.05, 3.63) is 36.5 Å². The standard InChI is InChI=1S/C56H108N2O4/c1-6-9-12-15-18-21-23-25-27-29-31-33-35-38-41-44-50-60-54-61-52-55(51-58(49-45-47-57(4)5)48-43-40-37-20-17-14-11-8-3)53-62-56(59)46-42-39-36-34-32-30-28-26-24-22-19-16-13-10-7-2/h20,25-28,37,55H,6-19,21-24,29-36,38-54H2,1-5H3/b27-25-,28-26-,37-20-. The van der Waals surface area contributed by atoms with Crippen LogP contribution >= 0.6 is 0 Å². The van der Waals surface area contributed by atoms with Crippen LogP contribution in [0.3, 0.4) is 0 Å². The Morgan fingerprint density at radius 2 is 0.839 bits per heavy atom. The predicted octanol–water partition coefficient (Wildman–Crippen LogP) is 16.4. The molecule has 0 rings (SSSR count). The van der Waals surface area contributed by atoms with Crippen LogP contribution in [0.2, 0.25) is 0 Å². The number of carbonyl (C=O) groups excluding carboxylic acids is 1. The van der Waals surface area contributed by atoms with Gasteiger partial charge in [0, 0.05) is 25.5 Å². The van der Waals surface area contributed by atoms with E-state index in [2.05, 4.69) is 81.1 Å². The third-order valence-electron chi connectivity index (χ3n) is 12.0. The van der Waals surface area contributed by atoms with Gasteiger partial charge in [0.2, 0.25) is 0 Å². The van der Waals surface area contributed by atoms with Gasteiger partial charge in [-0.3, -0.25) is 4.79 Å². The first-order valence-corrected chi connectivity index (χ1v) is 27.2. The van der Waals surface area contributed by atoms with E-state index in [1.165, 1.54) is 180 Å². The molecule has 0 heterocycles. The molecule has 0 aliphatic rings. The fraction of sp³-hybridized carbons (Fsp3) is 0.875. The summed E-state index contributed by atoms with van der Waals surface area (Å²) in [6.07, 6.45) is 58.0. The second-order valence-electron chi connectivity index (χ2n) is 18.8. The zero-order valence-corrected chi connectivity index (χ0v) is 42.5. The topological polar surface area (TPSA) is 51.2 Å². The summed E-state index contributed by atoms with van der Waals surface area (Å²) in [5.41, 5.74) is 0. The zero-order chi connectivity index (χ0) is 45.1. The normalized spacial score (nSPS) is 12.7. The minimum absolute atomic E-state index is 0.0591. The molecule has 0 saturated heterocycles. The zero-order valence-electron chi connectivity index (χ0n) is 42.5. The average molecular weight is 873 g/mol. The van der Waals surface area contributed by atoms with Crippen LogP contribution < -0.4 is 0 Å². The Balaban J connectivity index is 4.58. The van der Waals surface area contributed by atoms with Crippen molar-refractivity contribution in [3.8, 4) is 0 Å². The van der Waals surface area contributed by atoms with Crippen LogP contribution in [0.5, 0.6) is 0 Å². The monoisotopic (exact) mass is 873 g/mol. The average Bonchev–Trinajstić information content (AvgIpc) is 3.26. The molecular formula is C56H108N2O4. The molecule has 0 bridgehead atoms. The maximum atomic E-state index is 12.9. The molecule has 0 spiro atoms. The van der Waals surface area contributed by atoms with E-state index >= 15 is 0 Å². The highest BCUT2D eigenvalue weighted by Crippen LogP contribution is 2.14. The van der Waals surface area contributed by atoms with Crippen LogP contribution in [-0.2, 0) is 19.0 Å². The smallest absolute Gasteiger partial charge is 0.305 e. The van der Waals surface area contributed by atoms with Crippen molar-refractivity contribution >= 4 is 5.97 Å². The second-order valence-corrected chi connectivity index (χ2v) is 18.8. The highest BCUT2D eigenvalue weighted by atomic mass is 16.7.